The van der Waals surface area contributed by atoms with Crippen LogP contribution in [-0.2, 0) is 4.79 Å². The number of carbonyl (C=O) groups excluding carboxylic acids is 1. The number of hydrogen-bond acceptors (Lipinski definition) is 6. The molecule has 0 radical (unpaired) electrons. The number of piperazine rings is 1. The maximum atomic E-state index is 13.3. The van der Waals surface area contributed by atoms with Crippen molar-refractivity contribution in [1.29, 1.82) is 0 Å². The molecule has 0 saturated carbocycles. The van der Waals surface area contributed by atoms with Gasteiger partial charge in [-0.05, 0) is 22.9 Å². The summed E-state index contributed by atoms with van der Waals surface area (Å²) < 4.78 is 1.36. The van der Waals surface area contributed by atoms with Gasteiger partial charge in [0.2, 0.25) is 0 Å². The number of benzene rings is 2. The van der Waals surface area contributed by atoms with Gasteiger partial charge in [-0.3, -0.25) is 4.79 Å². The normalized spacial score (nSPS) is 23.0. The SMILES string of the molecule is O=C(C1=NNC2c3ccsc3SCC12)N1CCN(c2cccc3ccccc23)CC1. The second-order valence-electron chi connectivity index (χ2n) is 7.96. The third-order valence-corrected chi connectivity index (χ3v) is 8.75. The molecule has 2 atom stereocenters. The van der Waals surface area contributed by atoms with Gasteiger partial charge in [-0.1, -0.05) is 36.4 Å². The fourth-order valence-electron chi connectivity index (χ4n) is 4.75. The number of nitrogens with zero attached hydrogens (tertiary/aromatic N) is 3. The van der Waals surface area contributed by atoms with Crippen LogP contribution in [0.25, 0.3) is 10.8 Å². The summed E-state index contributed by atoms with van der Waals surface area (Å²) in [6.07, 6.45) is 0. The minimum Gasteiger partial charge on any atom is -0.367 e. The molecule has 1 N–H and O–H groups in total. The number of thioether (sulfide) groups is 1. The maximum absolute atomic E-state index is 13.3. The number of anilines is 1. The number of thiophene rings is 1. The van der Waals surface area contributed by atoms with Gasteiger partial charge in [0.25, 0.3) is 5.91 Å². The lowest BCUT2D eigenvalue weighted by molar-refractivity contribution is -0.124. The van der Waals surface area contributed by atoms with Crippen molar-refractivity contribution >= 4 is 51.2 Å². The van der Waals surface area contributed by atoms with E-state index in [0.29, 0.717) is 5.71 Å². The first kappa shape index (κ1) is 18.3. The van der Waals surface area contributed by atoms with Crippen LogP contribution in [0.5, 0.6) is 0 Å². The Morgan fingerprint density at radius 1 is 1.03 bits per heavy atom. The summed E-state index contributed by atoms with van der Waals surface area (Å²) in [5.74, 6) is 1.19. The van der Waals surface area contributed by atoms with Gasteiger partial charge >= 0.3 is 0 Å². The first-order chi connectivity index (χ1) is 14.8. The average Bonchev–Trinajstić information content (AvgIpc) is 3.45. The standard InChI is InChI=1S/C23H22N4OS2/c28-22(21-18-14-30-23-17(8-13-29-23)20(18)24-25-21)27-11-9-26(10-12-27)19-7-3-5-15-4-1-2-6-16(15)19/h1-8,13,18,20,24H,9-12,14H2. The van der Waals surface area contributed by atoms with Crippen molar-refractivity contribution in [3.8, 4) is 0 Å². The molecule has 4 heterocycles. The Kier molecular flexibility index (Phi) is 4.46. The summed E-state index contributed by atoms with van der Waals surface area (Å²) in [5.41, 5.74) is 6.52. The molecule has 3 aliphatic rings. The molecule has 1 aromatic heterocycles. The zero-order valence-corrected chi connectivity index (χ0v) is 18.1. The summed E-state index contributed by atoms with van der Waals surface area (Å²) >= 11 is 3.64. The van der Waals surface area contributed by atoms with Crippen molar-refractivity contribution in [3.05, 3.63) is 59.5 Å². The lowest BCUT2D eigenvalue weighted by Gasteiger charge is -2.37. The van der Waals surface area contributed by atoms with E-state index in [1.54, 1.807) is 11.3 Å². The maximum Gasteiger partial charge on any atom is 0.270 e. The molecular weight excluding hydrogens is 412 g/mol. The Morgan fingerprint density at radius 3 is 2.77 bits per heavy atom. The van der Waals surface area contributed by atoms with E-state index >= 15 is 0 Å². The van der Waals surface area contributed by atoms with Gasteiger partial charge in [0.1, 0.15) is 5.71 Å². The van der Waals surface area contributed by atoms with Crippen molar-refractivity contribution in [2.45, 2.75) is 10.3 Å². The van der Waals surface area contributed by atoms with E-state index < -0.39 is 0 Å². The predicted octanol–water partition coefficient (Wildman–Crippen LogP) is 3.97. The van der Waals surface area contributed by atoms with E-state index in [0.717, 1.165) is 31.9 Å². The molecule has 1 saturated heterocycles. The summed E-state index contributed by atoms with van der Waals surface area (Å²) in [6.45, 7) is 3.15. The largest absolute Gasteiger partial charge is 0.367 e. The van der Waals surface area contributed by atoms with Crippen LogP contribution in [0.3, 0.4) is 0 Å². The second-order valence-corrected chi connectivity index (χ2v) is 10.2. The van der Waals surface area contributed by atoms with Crippen LogP contribution < -0.4 is 10.3 Å². The van der Waals surface area contributed by atoms with Crippen molar-refractivity contribution in [3.63, 3.8) is 0 Å². The number of fused-ring (bicyclic) bond motifs is 4. The molecule has 30 heavy (non-hydrogen) atoms. The van der Waals surface area contributed by atoms with Crippen molar-refractivity contribution < 1.29 is 4.79 Å². The van der Waals surface area contributed by atoms with Crippen molar-refractivity contribution in [1.82, 2.24) is 10.3 Å². The highest BCUT2D eigenvalue weighted by atomic mass is 32.2. The number of amides is 1. The Balaban J connectivity index is 1.16. The predicted molar refractivity (Wildman–Crippen MR) is 125 cm³/mol. The van der Waals surface area contributed by atoms with Gasteiger partial charge < -0.3 is 15.2 Å². The molecule has 3 aromatic rings. The van der Waals surface area contributed by atoms with Gasteiger partial charge in [-0.15, -0.1) is 23.1 Å². The van der Waals surface area contributed by atoms with Crippen LogP contribution in [-0.4, -0.2) is 48.5 Å². The van der Waals surface area contributed by atoms with E-state index in [9.17, 15) is 4.79 Å². The van der Waals surface area contributed by atoms with Crippen molar-refractivity contribution in [2.24, 2.45) is 11.0 Å². The first-order valence-corrected chi connectivity index (χ1v) is 12.2. The van der Waals surface area contributed by atoms with Gasteiger partial charge in [-0.25, -0.2) is 0 Å². The minimum absolute atomic E-state index is 0.104. The van der Waals surface area contributed by atoms with E-state index in [-0.39, 0.29) is 17.9 Å². The molecule has 0 spiro atoms. The molecule has 2 unspecified atom stereocenters. The lowest BCUT2D eigenvalue weighted by Crippen LogP contribution is -2.51. The van der Waals surface area contributed by atoms with Crippen LogP contribution in [0, 0.1) is 5.92 Å². The highest BCUT2D eigenvalue weighted by molar-refractivity contribution is 8.01. The monoisotopic (exact) mass is 434 g/mol. The zero-order chi connectivity index (χ0) is 20.1. The molecular formula is C23H22N4OS2. The zero-order valence-electron chi connectivity index (χ0n) is 16.5. The first-order valence-electron chi connectivity index (χ1n) is 10.3. The summed E-state index contributed by atoms with van der Waals surface area (Å²) in [5, 5.41) is 9.17. The van der Waals surface area contributed by atoms with E-state index in [4.69, 9.17) is 0 Å². The minimum atomic E-state index is 0.104. The van der Waals surface area contributed by atoms with E-state index in [2.05, 4.69) is 69.3 Å². The van der Waals surface area contributed by atoms with Crippen LogP contribution in [0.2, 0.25) is 0 Å². The number of rotatable bonds is 2. The summed E-state index contributed by atoms with van der Waals surface area (Å²) in [6, 6.07) is 17.3. The third-order valence-electron chi connectivity index (χ3n) is 6.36. The Morgan fingerprint density at radius 2 is 1.87 bits per heavy atom. The van der Waals surface area contributed by atoms with Gasteiger partial charge in [0, 0.05) is 54.5 Å². The topological polar surface area (TPSA) is 47.9 Å². The lowest BCUT2D eigenvalue weighted by atomic mass is 9.92. The summed E-state index contributed by atoms with van der Waals surface area (Å²) in [7, 11) is 0. The van der Waals surface area contributed by atoms with Crippen molar-refractivity contribution in [2.75, 3.05) is 36.8 Å². The molecule has 3 aliphatic heterocycles. The fraction of sp³-hybridized carbons (Fsp3) is 0.304. The molecule has 0 bridgehead atoms. The quantitative estimate of drug-likeness (QED) is 0.663. The molecule has 5 nitrogen and oxygen atoms in total. The molecule has 152 valence electrons. The molecule has 7 heteroatoms. The van der Waals surface area contributed by atoms with Crippen LogP contribution in [0.15, 0.2) is 63.2 Å². The molecule has 1 fully saturated rings. The number of nitrogens with one attached hydrogen (secondary N) is 1. The van der Waals surface area contributed by atoms with E-state index in [1.165, 1.54) is 26.2 Å². The van der Waals surface area contributed by atoms with Gasteiger partial charge in [-0.2, -0.15) is 5.10 Å². The van der Waals surface area contributed by atoms with Crippen LogP contribution >= 0.6 is 23.1 Å². The Hall–Kier alpha value is -2.51. The molecule has 6 rings (SSSR count). The van der Waals surface area contributed by atoms with Crippen LogP contribution in [0.4, 0.5) is 5.69 Å². The number of hydrogen-bond donors (Lipinski definition) is 1. The highest BCUT2D eigenvalue weighted by Gasteiger charge is 2.42. The third kappa shape index (κ3) is 2.91. The number of hydrazone groups is 1. The van der Waals surface area contributed by atoms with E-state index in [1.807, 2.05) is 16.7 Å². The molecule has 2 aromatic carbocycles. The fourth-order valence-corrected chi connectivity index (χ4v) is 7.11. The summed E-state index contributed by atoms with van der Waals surface area (Å²) in [4.78, 5) is 17.7. The average molecular weight is 435 g/mol. The Bertz CT molecular complexity index is 1140. The Labute approximate surface area is 183 Å². The van der Waals surface area contributed by atoms with Gasteiger partial charge in [0.15, 0.2) is 0 Å². The second kappa shape index (κ2) is 7.32. The molecule has 1 amide bonds. The highest BCUT2D eigenvalue weighted by Crippen LogP contribution is 2.45. The molecule has 0 aliphatic carbocycles. The van der Waals surface area contributed by atoms with Crippen LogP contribution in [0.1, 0.15) is 11.6 Å². The number of carbonyl (C=O) groups is 1. The smallest absolute Gasteiger partial charge is 0.270 e. The van der Waals surface area contributed by atoms with Gasteiger partial charge in [0.05, 0.1) is 10.3 Å².